The van der Waals surface area contributed by atoms with Crippen molar-refractivity contribution in [3.8, 4) is 0 Å². The van der Waals surface area contributed by atoms with Crippen LogP contribution in [-0.2, 0) is 0 Å². The van der Waals surface area contributed by atoms with E-state index in [0.717, 1.165) is 0 Å². The maximum Gasteiger partial charge on any atom is 0.0558 e. The van der Waals surface area contributed by atoms with Crippen molar-refractivity contribution in [1.29, 1.82) is 0 Å². The monoisotopic (exact) mass is 157 g/mol. The molecule has 1 heteroatoms. The van der Waals surface area contributed by atoms with Gasteiger partial charge in [-0.25, -0.2) is 0 Å². The Morgan fingerprint density at radius 3 is 1.40 bits per heavy atom. The molecule has 0 atom stereocenters. The Kier molecular flexibility index (Phi) is 5.05. The first-order chi connectivity index (χ1) is 4.74. The summed E-state index contributed by atoms with van der Waals surface area (Å²) in [6.07, 6.45) is 1.28. The zero-order valence-electron chi connectivity index (χ0n) is 7.91. The Hall–Kier alpha value is 0.217. The van der Waals surface area contributed by atoms with Gasteiger partial charge in [0.05, 0.1) is 8.07 Å². The molecule has 0 spiro atoms. The van der Waals surface area contributed by atoms with Gasteiger partial charge in [0.2, 0.25) is 0 Å². The molecule has 0 amide bonds. The molecule has 0 aromatic heterocycles. The highest BCUT2D eigenvalue weighted by Gasteiger charge is 2.24. The van der Waals surface area contributed by atoms with Gasteiger partial charge in [0, 0.05) is 0 Å². The molecule has 0 aromatic carbocycles. The SMILES string of the molecule is CC[CH][Si](CC)(CC)CC. The van der Waals surface area contributed by atoms with Crippen molar-refractivity contribution < 1.29 is 0 Å². The second kappa shape index (κ2) is 4.95. The molecule has 0 saturated carbocycles. The van der Waals surface area contributed by atoms with E-state index < -0.39 is 8.07 Å². The van der Waals surface area contributed by atoms with Crippen LogP contribution in [0.4, 0.5) is 0 Å². The van der Waals surface area contributed by atoms with Gasteiger partial charge < -0.3 is 0 Å². The first-order valence-corrected chi connectivity index (χ1v) is 7.28. The number of hydrogen-bond acceptors (Lipinski definition) is 0. The lowest BCUT2D eigenvalue weighted by Crippen LogP contribution is -2.31. The smallest absolute Gasteiger partial charge is 0.0558 e. The van der Waals surface area contributed by atoms with E-state index >= 15 is 0 Å². The predicted octanol–water partition coefficient (Wildman–Crippen LogP) is 3.65. The Labute approximate surface area is 67.0 Å². The molecule has 0 saturated heterocycles. The van der Waals surface area contributed by atoms with Crippen molar-refractivity contribution in [2.45, 2.75) is 52.2 Å². The molecule has 0 fully saturated rings. The average molecular weight is 157 g/mol. The molecule has 61 valence electrons. The fourth-order valence-corrected chi connectivity index (χ4v) is 4.85. The normalized spacial score (nSPS) is 12.0. The third-order valence-corrected chi connectivity index (χ3v) is 8.25. The lowest BCUT2D eigenvalue weighted by atomic mass is 10.6. The maximum absolute atomic E-state index is 2.62. The molecule has 10 heavy (non-hydrogen) atoms. The van der Waals surface area contributed by atoms with Crippen molar-refractivity contribution in [2.24, 2.45) is 0 Å². The highest BCUT2D eigenvalue weighted by Crippen LogP contribution is 2.23. The van der Waals surface area contributed by atoms with E-state index in [4.69, 9.17) is 0 Å². The summed E-state index contributed by atoms with van der Waals surface area (Å²) in [5.41, 5.74) is 0. The molecule has 0 aromatic rings. The summed E-state index contributed by atoms with van der Waals surface area (Å²) in [6, 6.07) is 6.93. The number of rotatable bonds is 5. The Bertz CT molecular complexity index is 66.5. The van der Waals surface area contributed by atoms with E-state index in [2.05, 4.69) is 33.7 Å². The third kappa shape index (κ3) is 2.45. The molecule has 0 aliphatic heterocycles. The molecule has 0 bridgehead atoms. The van der Waals surface area contributed by atoms with Gasteiger partial charge in [0.15, 0.2) is 0 Å². The molecule has 1 radical (unpaired) electrons. The molecular formula is C9H21Si. The number of hydrogen-bond donors (Lipinski definition) is 0. The van der Waals surface area contributed by atoms with Crippen LogP contribution in [0.15, 0.2) is 0 Å². The lowest BCUT2D eigenvalue weighted by Gasteiger charge is -2.26. The molecule has 0 aliphatic rings. The van der Waals surface area contributed by atoms with Crippen LogP contribution in [0.2, 0.25) is 18.1 Å². The minimum absolute atomic E-state index is 0.842. The van der Waals surface area contributed by atoms with Crippen molar-refractivity contribution in [3.63, 3.8) is 0 Å². The minimum atomic E-state index is -0.842. The Morgan fingerprint density at radius 1 is 0.900 bits per heavy atom. The van der Waals surface area contributed by atoms with Crippen LogP contribution < -0.4 is 0 Å². The molecule has 0 nitrogen and oxygen atoms in total. The molecular weight excluding hydrogens is 136 g/mol. The topological polar surface area (TPSA) is 0 Å². The van der Waals surface area contributed by atoms with E-state index in [0.29, 0.717) is 0 Å². The van der Waals surface area contributed by atoms with Crippen LogP contribution in [0.25, 0.3) is 0 Å². The van der Waals surface area contributed by atoms with Gasteiger partial charge in [-0.3, -0.25) is 0 Å². The summed E-state index contributed by atoms with van der Waals surface area (Å²) in [7, 11) is -0.842. The molecule has 0 heterocycles. The van der Waals surface area contributed by atoms with Crippen molar-refractivity contribution in [3.05, 3.63) is 6.04 Å². The largest absolute Gasteiger partial charge is 0.0678 e. The van der Waals surface area contributed by atoms with Crippen LogP contribution in [-0.4, -0.2) is 8.07 Å². The third-order valence-electron chi connectivity index (χ3n) is 2.75. The summed E-state index contributed by atoms with van der Waals surface area (Å²) in [4.78, 5) is 0. The van der Waals surface area contributed by atoms with Gasteiger partial charge in [-0.15, -0.1) is 0 Å². The van der Waals surface area contributed by atoms with Gasteiger partial charge in [-0.05, 0) is 6.04 Å². The van der Waals surface area contributed by atoms with E-state index in [-0.39, 0.29) is 0 Å². The Balaban J connectivity index is 3.87. The van der Waals surface area contributed by atoms with Gasteiger partial charge in [0.1, 0.15) is 0 Å². The van der Waals surface area contributed by atoms with Crippen molar-refractivity contribution in [1.82, 2.24) is 0 Å². The zero-order chi connectivity index (χ0) is 8.04. The summed E-state index contributed by atoms with van der Waals surface area (Å²) < 4.78 is 0. The van der Waals surface area contributed by atoms with Crippen molar-refractivity contribution >= 4 is 8.07 Å². The highest BCUT2D eigenvalue weighted by atomic mass is 28.3. The summed E-state index contributed by atoms with van der Waals surface area (Å²) in [5.74, 6) is 0. The van der Waals surface area contributed by atoms with Crippen LogP contribution in [0.3, 0.4) is 0 Å². The first kappa shape index (κ1) is 10.2. The second-order valence-corrected chi connectivity index (χ2v) is 8.29. The summed E-state index contributed by atoms with van der Waals surface area (Å²) >= 11 is 0. The first-order valence-electron chi connectivity index (χ1n) is 4.59. The lowest BCUT2D eigenvalue weighted by molar-refractivity contribution is 1.09. The summed E-state index contributed by atoms with van der Waals surface area (Å²) in [5, 5.41) is 0. The predicted molar refractivity (Wildman–Crippen MR) is 51.8 cm³/mol. The summed E-state index contributed by atoms with van der Waals surface area (Å²) in [6.45, 7) is 9.32. The zero-order valence-corrected chi connectivity index (χ0v) is 8.91. The van der Waals surface area contributed by atoms with Gasteiger partial charge in [-0.1, -0.05) is 52.2 Å². The van der Waals surface area contributed by atoms with Gasteiger partial charge in [-0.2, -0.15) is 0 Å². The molecule has 0 rings (SSSR count). The average Bonchev–Trinajstić information content (AvgIpc) is 2.01. The van der Waals surface area contributed by atoms with E-state index in [1.54, 1.807) is 0 Å². The minimum Gasteiger partial charge on any atom is -0.0678 e. The van der Waals surface area contributed by atoms with Gasteiger partial charge >= 0.3 is 0 Å². The maximum atomic E-state index is 2.62. The standard InChI is InChI=1S/C9H21Si/c1-5-9-10(6-2,7-3)8-4/h9H,5-8H2,1-4H3. The molecule has 0 aliphatic carbocycles. The van der Waals surface area contributed by atoms with Crippen LogP contribution in [0.5, 0.6) is 0 Å². The van der Waals surface area contributed by atoms with Crippen molar-refractivity contribution in [2.75, 3.05) is 0 Å². The molecule has 0 unspecified atom stereocenters. The van der Waals surface area contributed by atoms with Crippen LogP contribution in [0, 0.1) is 6.04 Å². The highest BCUT2D eigenvalue weighted by molar-refractivity contribution is 6.82. The fourth-order valence-electron chi connectivity index (χ4n) is 1.62. The van der Waals surface area contributed by atoms with E-state index in [1.165, 1.54) is 24.6 Å². The second-order valence-electron chi connectivity index (χ2n) is 3.04. The van der Waals surface area contributed by atoms with Gasteiger partial charge in [0.25, 0.3) is 0 Å². The molecule has 0 N–H and O–H groups in total. The van der Waals surface area contributed by atoms with E-state index in [1.807, 2.05) is 0 Å². The quantitative estimate of drug-likeness (QED) is 0.534. The van der Waals surface area contributed by atoms with Crippen LogP contribution >= 0.6 is 0 Å². The Morgan fingerprint density at radius 2 is 1.30 bits per heavy atom. The fraction of sp³-hybridized carbons (Fsp3) is 0.889. The van der Waals surface area contributed by atoms with Crippen LogP contribution in [0.1, 0.15) is 34.1 Å². The van der Waals surface area contributed by atoms with E-state index in [9.17, 15) is 0 Å².